The van der Waals surface area contributed by atoms with E-state index < -0.39 is 53.7 Å². The Balaban J connectivity index is 1.50. The summed E-state index contributed by atoms with van der Waals surface area (Å²) in [5.41, 5.74) is -0.614. The number of anilines is 2. The van der Waals surface area contributed by atoms with Crippen LogP contribution in [-0.2, 0) is 25.3 Å². The SMILES string of the molecule is O=C(COC(=O)C[C@H]1Oc2ccccc2NC1=O)Nc1ncc(C(F)(F)F)cc1Cl. The largest absolute Gasteiger partial charge is 0.478 e. The molecule has 0 saturated carbocycles. The molecule has 2 heterocycles. The van der Waals surface area contributed by atoms with Gasteiger partial charge in [-0.1, -0.05) is 23.7 Å². The van der Waals surface area contributed by atoms with Crippen LogP contribution in [0, 0.1) is 0 Å². The molecule has 0 unspecified atom stereocenters. The van der Waals surface area contributed by atoms with Crippen molar-refractivity contribution < 1.29 is 37.0 Å². The topological polar surface area (TPSA) is 107 Å². The Morgan fingerprint density at radius 2 is 2.03 bits per heavy atom. The van der Waals surface area contributed by atoms with Crippen LogP contribution in [0.4, 0.5) is 24.7 Å². The first kappa shape index (κ1) is 21.4. The van der Waals surface area contributed by atoms with E-state index in [0.29, 0.717) is 23.7 Å². The third-order valence-corrected chi connectivity index (χ3v) is 4.14. The summed E-state index contributed by atoms with van der Waals surface area (Å²) in [7, 11) is 0. The fourth-order valence-corrected chi connectivity index (χ4v) is 2.65. The lowest BCUT2D eigenvalue weighted by molar-refractivity contribution is -0.150. The van der Waals surface area contributed by atoms with Crippen LogP contribution in [0.15, 0.2) is 36.5 Å². The Bertz CT molecular complexity index is 999. The first-order valence-corrected chi connectivity index (χ1v) is 8.76. The van der Waals surface area contributed by atoms with Crippen molar-refractivity contribution in [1.29, 1.82) is 0 Å². The van der Waals surface area contributed by atoms with Crippen molar-refractivity contribution in [3.8, 4) is 5.75 Å². The molecule has 3 rings (SSSR count). The number of nitrogens with zero attached hydrogens (tertiary/aromatic N) is 1. The lowest BCUT2D eigenvalue weighted by Gasteiger charge is -2.25. The number of carbonyl (C=O) groups excluding carboxylic acids is 3. The number of rotatable bonds is 5. The van der Waals surface area contributed by atoms with E-state index in [-0.39, 0.29) is 5.82 Å². The number of hydrogen-bond donors (Lipinski definition) is 2. The summed E-state index contributed by atoms with van der Waals surface area (Å²) >= 11 is 5.68. The molecule has 8 nitrogen and oxygen atoms in total. The monoisotopic (exact) mass is 443 g/mol. The maximum absolute atomic E-state index is 12.6. The van der Waals surface area contributed by atoms with Gasteiger partial charge in [0.2, 0.25) is 0 Å². The molecule has 158 valence electrons. The van der Waals surface area contributed by atoms with E-state index in [1.165, 1.54) is 0 Å². The highest BCUT2D eigenvalue weighted by Crippen LogP contribution is 2.32. The fraction of sp³-hybridized carbons (Fsp3) is 0.222. The van der Waals surface area contributed by atoms with E-state index in [1.54, 1.807) is 24.3 Å². The highest BCUT2D eigenvalue weighted by molar-refractivity contribution is 6.33. The standard InChI is InChI=1S/C18H13ClF3N3O5/c19-10-5-9(18(20,21)22)7-23-16(10)25-14(26)8-29-15(27)6-13-17(28)24-11-3-1-2-4-12(11)30-13/h1-5,7,13H,6,8H2,(H,24,28)(H,23,25,26)/t13-/m1/s1. The number of pyridine rings is 1. The molecule has 1 aromatic heterocycles. The Hall–Kier alpha value is -3.34. The Kier molecular flexibility index (Phi) is 6.11. The van der Waals surface area contributed by atoms with Crippen LogP contribution in [0.3, 0.4) is 0 Å². The summed E-state index contributed by atoms with van der Waals surface area (Å²) in [5, 5.41) is 4.28. The van der Waals surface area contributed by atoms with Crippen molar-refractivity contribution in [2.45, 2.75) is 18.7 Å². The van der Waals surface area contributed by atoms with Gasteiger partial charge < -0.3 is 20.1 Å². The second-order valence-corrected chi connectivity index (χ2v) is 6.46. The van der Waals surface area contributed by atoms with Gasteiger partial charge in [-0.15, -0.1) is 0 Å². The predicted octanol–water partition coefficient (Wildman–Crippen LogP) is 3.03. The van der Waals surface area contributed by atoms with Crippen LogP contribution in [0.2, 0.25) is 5.02 Å². The maximum Gasteiger partial charge on any atom is 0.417 e. The molecule has 1 aliphatic heterocycles. The number of aromatic nitrogens is 1. The maximum atomic E-state index is 12.6. The van der Waals surface area contributed by atoms with Crippen molar-refractivity contribution in [2.24, 2.45) is 0 Å². The number of para-hydroxylation sites is 2. The second kappa shape index (κ2) is 8.57. The number of benzene rings is 1. The van der Waals surface area contributed by atoms with Crippen molar-refractivity contribution in [3.05, 3.63) is 47.1 Å². The van der Waals surface area contributed by atoms with Crippen LogP contribution in [-0.4, -0.2) is 35.5 Å². The zero-order valence-electron chi connectivity index (χ0n) is 15.0. The smallest absolute Gasteiger partial charge is 0.417 e. The van der Waals surface area contributed by atoms with Gasteiger partial charge in [-0.3, -0.25) is 14.4 Å². The molecule has 0 bridgehead atoms. The molecule has 2 N–H and O–H groups in total. The number of hydrogen-bond acceptors (Lipinski definition) is 6. The van der Waals surface area contributed by atoms with Gasteiger partial charge in [-0.25, -0.2) is 4.98 Å². The quantitative estimate of drug-likeness (QED) is 0.688. The number of carbonyl (C=O) groups is 3. The molecule has 2 aromatic rings. The molecular weight excluding hydrogens is 431 g/mol. The number of halogens is 4. The number of esters is 1. The van der Waals surface area contributed by atoms with Gasteiger partial charge in [0.1, 0.15) is 5.75 Å². The van der Waals surface area contributed by atoms with E-state index in [2.05, 4.69) is 15.6 Å². The average molecular weight is 444 g/mol. The van der Waals surface area contributed by atoms with Gasteiger partial charge >= 0.3 is 12.1 Å². The number of ether oxygens (including phenoxy) is 2. The third-order valence-electron chi connectivity index (χ3n) is 3.85. The summed E-state index contributed by atoms with van der Waals surface area (Å²) < 4.78 is 48.0. The van der Waals surface area contributed by atoms with Gasteiger partial charge in [0.05, 0.1) is 22.7 Å². The Labute approximate surface area is 172 Å². The van der Waals surface area contributed by atoms with Crippen molar-refractivity contribution in [1.82, 2.24) is 4.98 Å². The van der Waals surface area contributed by atoms with E-state index in [4.69, 9.17) is 21.1 Å². The summed E-state index contributed by atoms with van der Waals surface area (Å²) in [6.07, 6.45) is -5.72. The molecule has 1 atom stereocenters. The molecule has 2 amide bonds. The minimum Gasteiger partial charge on any atom is -0.478 e. The van der Waals surface area contributed by atoms with Crippen LogP contribution in [0.1, 0.15) is 12.0 Å². The van der Waals surface area contributed by atoms with Crippen molar-refractivity contribution in [2.75, 3.05) is 17.2 Å². The van der Waals surface area contributed by atoms with Gasteiger partial charge in [0.25, 0.3) is 11.8 Å². The van der Waals surface area contributed by atoms with E-state index >= 15 is 0 Å². The predicted molar refractivity (Wildman–Crippen MR) is 97.9 cm³/mol. The van der Waals surface area contributed by atoms with Crippen molar-refractivity contribution >= 4 is 40.9 Å². The summed E-state index contributed by atoms with van der Waals surface area (Å²) in [5.74, 6) is -2.25. The second-order valence-electron chi connectivity index (χ2n) is 6.06. The summed E-state index contributed by atoms with van der Waals surface area (Å²) in [6.45, 7) is -0.761. The van der Waals surface area contributed by atoms with Gasteiger partial charge in [-0.2, -0.15) is 13.2 Å². The van der Waals surface area contributed by atoms with Crippen molar-refractivity contribution in [3.63, 3.8) is 0 Å². The lowest BCUT2D eigenvalue weighted by atomic mass is 10.1. The van der Waals surface area contributed by atoms with E-state index in [1.807, 2.05) is 0 Å². The Morgan fingerprint density at radius 3 is 2.73 bits per heavy atom. The minimum absolute atomic E-state index is 0.322. The Morgan fingerprint density at radius 1 is 1.30 bits per heavy atom. The normalized spacial score (nSPS) is 15.5. The molecule has 0 radical (unpaired) electrons. The van der Waals surface area contributed by atoms with Crippen LogP contribution in [0.25, 0.3) is 0 Å². The first-order valence-electron chi connectivity index (χ1n) is 8.38. The number of fused-ring (bicyclic) bond motifs is 1. The van der Waals surface area contributed by atoms with Crippen LogP contribution < -0.4 is 15.4 Å². The molecule has 0 spiro atoms. The number of amides is 2. The van der Waals surface area contributed by atoms with Gasteiger partial charge in [-0.05, 0) is 18.2 Å². The zero-order chi connectivity index (χ0) is 21.9. The van der Waals surface area contributed by atoms with Gasteiger partial charge in [0, 0.05) is 6.20 Å². The summed E-state index contributed by atoms with van der Waals surface area (Å²) in [6, 6.07) is 7.24. The highest BCUT2D eigenvalue weighted by Gasteiger charge is 2.32. The molecule has 0 fully saturated rings. The zero-order valence-corrected chi connectivity index (χ0v) is 15.7. The first-order chi connectivity index (χ1) is 14.1. The molecule has 1 aliphatic rings. The number of alkyl halides is 3. The molecule has 0 aliphatic carbocycles. The fourth-order valence-electron chi connectivity index (χ4n) is 2.44. The third kappa shape index (κ3) is 5.17. The van der Waals surface area contributed by atoms with E-state index in [9.17, 15) is 27.6 Å². The summed E-state index contributed by atoms with van der Waals surface area (Å²) in [4.78, 5) is 39.2. The van der Waals surface area contributed by atoms with Crippen LogP contribution in [0.5, 0.6) is 5.75 Å². The van der Waals surface area contributed by atoms with Gasteiger partial charge in [0.15, 0.2) is 18.5 Å². The lowest BCUT2D eigenvalue weighted by Crippen LogP contribution is -2.39. The highest BCUT2D eigenvalue weighted by atomic mass is 35.5. The number of nitrogens with one attached hydrogen (secondary N) is 2. The molecule has 30 heavy (non-hydrogen) atoms. The average Bonchev–Trinajstić information content (AvgIpc) is 2.68. The molecule has 0 saturated heterocycles. The molecule has 12 heteroatoms. The minimum atomic E-state index is -4.64. The van der Waals surface area contributed by atoms with E-state index in [0.717, 1.165) is 0 Å². The molecular formula is C18H13ClF3N3O5. The van der Waals surface area contributed by atoms with Crippen LogP contribution >= 0.6 is 11.6 Å². The molecule has 1 aromatic carbocycles.